The first-order valence-electron chi connectivity index (χ1n) is 7.72. The maximum atomic E-state index is 13.2. The Balaban J connectivity index is 0. The Labute approximate surface area is 186 Å². The zero-order chi connectivity index (χ0) is 18.7. The van der Waals surface area contributed by atoms with Crippen LogP contribution in [-0.2, 0) is 6.54 Å². The molecule has 0 radical (unpaired) electrons. The Morgan fingerprint density at radius 2 is 1.70 bits per heavy atom. The predicted molar refractivity (Wildman–Crippen MR) is 99.1 cm³/mol. The number of hydrogen-bond donors (Lipinski definition) is 2. The van der Waals surface area contributed by atoms with Gasteiger partial charge in [-0.3, -0.25) is 16.5 Å². The number of halogens is 1. The Hall–Kier alpha value is -1.34. The van der Waals surface area contributed by atoms with Crippen LogP contribution in [-0.4, -0.2) is 23.1 Å². The summed E-state index contributed by atoms with van der Waals surface area (Å²) in [7, 11) is 0. The number of benzene rings is 1. The molecule has 1 aromatic heterocycles. The first-order valence-corrected chi connectivity index (χ1v) is 7.72. The molecular weight excluding hydrogens is 329 g/mol. The number of rotatable bonds is 7. The van der Waals surface area contributed by atoms with E-state index in [9.17, 15) is 4.39 Å². The van der Waals surface area contributed by atoms with Gasteiger partial charge in [0.2, 0.25) is 0 Å². The fraction of sp³-hybridized carbons (Fsp3) is 0.200. The zero-order valence-corrected chi connectivity index (χ0v) is 16.3. The monoisotopic (exact) mass is 351 g/mol. The molecule has 0 saturated carbocycles. The Kier molecular flexibility index (Phi) is 16.2. The quantitative estimate of drug-likeness (QED) is 0.325. The zero-order valence-electron chi connectivity index (χ0n) is 16.3. The van der Waals surface area contributed by atoms with Gasteiger partial charge >= 0.3 is 37.7 Å². The van der Waals surface area contributed by atoms with E-state index in [0.29, 0.717) is 6.54 Å². The number of nitrogens with one attached hydrogen (secondary N) is 2. The molecule has 4 nitrogen and oxygen atoms in total. The molecule has 0 unspecified atom stereocenters. The Bertz CT molecular complexity index is 746. The molecule has 134 valence electrons. The molecule has 0 fully saturated rings. The van der Waals surface area contributed by atoms with E-state index < -0.39 is 5.83 Å². The van der Waals surface area contributed by atoms with E-state index >= 15 is 0 Å². The standard InChI is InChI=1S/C16H13FN3.C4H9N.2Li/c1-11(2)14(17)8-12(3)20-10-13-4-5-15-16(9-13)19-7-6-18-15;1-3-5-4-2;;/h1,3-7,9,20H,10H2,2H3;5H,1-4H2;;/q-3;-2;2*+1. The molecule has 1 heterocycles. The van der Waals surface area contributed by atoms with Gasteiger partial charge in [-0.15, -0.1) is 13.1 Å². The molecule has 2 rings (SSSR count). The van der Waals surface area contributed by atoms with Crippen LogP contribution >= 0.6 is 0 Å². The summed E-state index contributed by atoms with van der Waals surface area (Å²) in [6, 6.07) is 5.66. The number of aromatic nitrogens is 2. The van der Waals surface area contributed by atoms with E-state index in [1.54, 1.807) is 12.4 Å². The van der Waals surface area contributed by atoms with Gasteiger partial charge in [-0.05, 0) is 17.7 Å². The summed E-state index contributed by atoms with van der Waals surface area (Å²) in [5, 5.41) is 5.74. The third-order valence-corrected chi connectivity index (χ3v) is 2.96. The average molecular weight is 351 g/mol. The summed E-state index contributed by atoms with van der Waals surface area (Å²) >= 11 is 0. The first kappa shape index (κ1) is 27.9. The van der Waals surface area contributed by atoms with Gasteiger partial charge in [0.15, 0.2) is 0 Å². The molecule has 0 aliphatic rings. The molecule has 27 heavy (non-hydrogen) atoms. The van der Waals surface area contributed by atoms with Crippen LogP contribution in [0.1, 0.15) is 12.5 Å². The molecule has 0 amide bonds. The van der Waals surface area contributed by atoms with Crippen molar-refractivity contribution < 1.29 is 42.1 Å². The van der Waals surface area contributed by atoms with Crippen LogP contribution in [0.5, 0.6) is 0 Å². The minimum absolute atomic E-state index is 0. The van der Waals surface area contributed by atoms with Crippen LogP contribution in [0.3, 0.4) is 0 Å². The van der Waals surface area contributed by atoms with E-state index in [2.05, 4.69) is 40.5 Å². The maximum Gasteiger partial charge on any atom is 1.00 e. The largest absolute Gasteiger partial charge is 1.00 e. The van der Waals surface area contributed by atoms with Gasteiger partial charge in [0.25, 0.3) is 0 Å². The number of allylic oxidation sites excluding steroid dienone is 3. The molecule has 0 aliphatic carbocycles. The van der Waals surface area contributed by atoms with Crippen molar-refractivity contribution in [3.63, 3.8) is 0 Å². The van der Waals surface area contributed by atoms with Crippen molar-refractivity contribution in [2.45, 2.75) is 13.5 Å². The van der Waals surface area contributed by atoms with Gasteiger partial charge in [-0.2, -0.15) is 0 Å². The van der Waals surface area contributed by atoms with Crippen molar-refractivity contribution in [3.05, 3.63) is 86.3 Å². The third kappa shape index (κ3) is 11.2. The van der Waals surface area contributed by atoms with Crippen LogP contribution in [0.25, 0.3) is 11.0 Å². The molecule has 1 aromatic carbocycles. The Morgan fingerprint density at radius 3 is 2.22 bits per heavy atom. The van der Waals surface area contributed by atoms with E-state index in [1.807, 2.05) is 18.2 Å². The molecule has 7 heteroatoms. The first-order chi connectivity index (χ1) is 12.0. The van der Waals surface area contributed by atoms with E-state index in [4.69, 9.17) is 13.2 Å². The van der Waals surface area contributed by atoms with Gasteiger partial charge in [0.05, 0.1) is 11.0 Å². The van der Waals surface area contributed by atoms with Crippen molar-refractivity contribution >= 4 is 11.0 Å². The normalized spacial score (nSPS) is 10.0. The number of hydrogen-bond acceptors (Lipinski definition) is 4. The summed E-state index contributed by atoms with van der Waals surface area (Å²) in [4.78, 5) is 8.39. The maximum absolute atomic E-state index is 13.2. The summed E-state index contributed by atoms with van der Waals surface area (Å²) in [6.45, 7) is 21.4. The van der Waals surface area contributed by atoms with Crippen LogP contribution in [0.15, 0.2) is 47.7 Å². The SMILES string of the molecule is [CH-]=C([C-]=C(F)C(=[CH-])C)NCc1ccc2nccnc2c1.[CH2-]CNC[CH2-].[Li+].[Li+]. The van der Waals surface area contributed by atoms with Gasteiger partial charge in [-0.1, -0.05) is 13.0 Å². The molecule has 0 atom stereocenters. The second-order valence-electron chi connectivity index (χ2n) is 5.02. The minimum Gasteiger partial charge on any atom is -0.555 e. The van der Waals surface area contributed by atoms with Gasteiger partial charge in [0.1, 0.15) is 0 Å². The molecule has 0 bridgehead atoms. The molecule has 0 aliphatic heterocycles. The van der Waals surface area contributed by atoms with Crippen LogP contribution in [0, 0.1) is 33.1 Å². The van der Waals surface area contributed by atoms with E-state index in [1.165, 1.54) is 6.92 Å². The van der Waals surface area contributed by atoms with Crippen LogP contribution in [0.2, 0.25) is 0 Å². The Morgan fingerprint density at radius 1 is 1.11 bits per heavy atom. The summed E-state index contributed by atoms with van der Waals surface area (Å²) in [5.74, 6) is -0.667. The van der Waals surface area contributed by atoms with Crippen molar-refractivity contribution in [2.24, 2.45) is 0 Å². The minimum atomic E-state index is -0.667. The molecular formula is C20H22FLi2N4-3. The average Bonchev–Trinajstić information content (AvgIpc) is 2.61. The number of nitrogens with zero attached hydrogens (tertiary/aromatic N) is 2. The van der Waals surface area contributed by atoms with E-state index in [-0.39, 0.29) is 49.0 Å². The van der Waals surface area contributed by atoms with Gasteiger partial charge < -0.3 is 47.2 Å². The topological polar surface area (TPSA) is 49.8 Å². The second-order valence-corrected chi connectivity index (χ2v) is 5.02. The summed E-state index contributed by atoms with van der Waals surface area (Å²) in [6.07, 6.45) is 5.60. The second kappa shape index (κ2) is 15.7. The number of fused-ring (bicyclic) bond motifs is 1. The fourth-order valence-corrected chi connectivity index (χ4v) is 1.70. The smallest absolute Gasteiger partial charge is 0.555 e. The molecule has 2 N–H and O–H groups in total. The van der Waals surface area contributed by atoms with E-state index in [0.717, 1.165) is 29.7 Å². The van der Waals surface area contributed by atoms with Crippen molar-refractivity contribution in [2.75, 3.05) is 13.1 Å². The third-order valence-electron chi connectivity index (χ3n) is 2.96. The summed E-state index contributed by atoms with van der Waals surface area (Å²) < 4.78 is 13.2. The summed E-state index contributed by atoms with van der Waals surface area (Å²) in [5.41, 5.74) is 2.69. The van der Waals surface area contributed by atoms with Gasteiger partial charge in [-0.25, -0.2) is 11.4 Å². The van der Waals surface area contributed by atoms with Crippen LogP contribution < -0.4 is 48.4 Å². The van der Waals surface area contributed by atoms with Crippen molar-refractivity contribution in [1.82, 2.24) is 20.6 Å². The van der Waals surface area contributed by atoms with Gasteiger partial charge in [0, 0.05) is 18.9 Å². The van der Waals surface area contributed by atoms with Crippen LogP contribution in [0.4, 0.5) is 4.39 Å². The van der Waals surface area contributed by atoms with Crippen molar-refractivity contribution in [1.29, 1.82) is 0 Å². The molecule has 0 spiro atoms. The molecule has 0 saturated heterocycles. The fourth-order valence-electron chi connectivity index (χ4n) is 1.70. The molecule has 2 aromatic rings. The predicted octanol–water partition coefficient (Wildman–Crippen LogP) is -2.68. The van der Waals surface area contributed by atoms with Crippen molar-refractivity contribution in [3.8, 4) is 0 Å².